The Balaban J connectivity index is 1.84. The monoisotopic (exact) mass is 487 g/mol. The average molecular weight is 488 g/mol. The third kappa shape index (κ3) is 8.34. The quantitative estimate of drug-likeness (QED) is 0.209. The number of ether oxygens (including phenoxy) is 3. The Bertz CT molecular complexity index is 971. The van der Waals surface area contributed by atoms with E-state index in [-0.39, 0.29) is 12.3 Å². The molecule has 0 radical (unpaired) electrons. The van der Waals surface area contributed by atoms with Gasteiger partial charge in [-0.25, -0.2) is 0 Å². The van der Waals surface area contributed by atoms with Gasteiger partial charge in [0.15, 0.2) is 6.29 Å². The summed E-state index contributed by atoms with van der Waals surface area (Å²) in [6.07, 6.45) is 4.09. The van der Waals surface area contributed by atoms with Crippen molar-refractivity contribution in [2.75, 3.05) is 33.4 Å². The SMILES string of the molecule is CCOC(CCCN(CC=C(c1ccccc1)c1ccccc1)[C@H](C)c1ccc(OC)cc1)OCC. The van der Waals surface area contributed by atoms with Crippen LogP contribution in [0.25, 0.3) is 5.57 Å². The molecule has 0 fully saturated rings. The van der Waals surface area contributed by atoms with Crippen LogP contribution in [-0.2, 0) is 9.47 Å². The first-order valence-electron chi connectivity index (χ1n) is 13.1. The molecule has 3 aromatic carbocycles. The van der Waals surface area contributed by atoms with E-state index >= 15 is 0 Å². The van der Waals surface area contributed by atoms with Crippen molar-refractivity contribution in [2.24, 2.45) is 0 Å². The van der Waals surface area contributed by atoms with Crippen LogP contribution in [0.1, 0.15) is 56.3 Å². The zero-order valence-electron chi connectivity index (χ0n) is 22.2. The van der Waals surface area contributed by atoms with Crippen molar-refractivity contribution < 1.29 is 14.2 Å². The number of hydrogen-bond acceptors (Lipinski definition) is 4. The number of methoxy groups -OCH3 is 1. The van der Waals surface area contributed by atoms with E-state index in [2.05, 4.69) is 90.7 Å². The van der Waals surface area contributed by atoms with Crippen LogP contribution in [0, 0.1) is 0 Å². The van der Waals surface area contributed by atoms with E-state index in [1.165, 1.54) is 22.3 Å². The van der Waals surface area contributed by atoms with Crippen LogP contribution in [0.15, 0.2) is 91.0 Å². The zero-order valence-corrected chi connectivity index (χ0v) is 22.2. The van der Waals surface area contributed by atoms with Crippen LogP contribution in [-0.4, -0.2) is 44.6 Å². The third-order valence-corrected chi connectivity index (χ3v) is 6.44. The minimum Gasteiger partial charge on any atom is -0.497 e. The first kappa shape index (κ1) is 27.7. The number of benzene rings is 3. The van der Waals surface area contributed by atoms with Gasteiger partial charge in [-0.05, 0) is 74.6 Å². The lowest BCUT2D eigenvalue weighted by atomic mass is 9.97. The summed E-state index contributed by atoms with van der Waals surface area (Å²) in [7, 11) is 1.71. The largest absolute Gasteiger partial charge is 0.497 e. The molecule has 0 bridgehead atoms. The molecular formula is C32H41NO3. The molecule has 0 aliphatic carbocycles. The molecule has 0 amide bonds. The Kier molecular flexibility index (Phi) is 11.7. The molecular weight excluding hydrogens is 446 g/mol. The van der Waals surface area contributed by atoms with Gasteiger partial charge in [0.2, 0.25) is 0 Å². The topological polar surface area (TPSA) is 30.9 Å². The van der Waals surface area contributed by atoms with Gasteiger partial charge in [-0.3, -0.25) is 4.90 Å². The second kappa shape index (κ2) is 15.2. The highest BCUT2D eigenvalue weighted by atomic mass is 16.7. The van der Waals surface area contributed by atoms with E-state index < -0.39 is 0 Å². The Hall–Kier alpha value is -2.92. The van der Waals surface area contributed by atoms with Gasteiger partial charge in [-0.2, -0.15) is 0 Å². The fraction of sp³-hybridized carbons (Fsp3) is 0.375. The van der Waals surface area contributed by atoms with Crippen LogP contribution in [0.3, 0.4) is 0 Å². The Labute approximate surface area is 217 Å². The molecule has 0 saturated carbocycles. The third-order valence-electron chi connectivity index (χ3n) is 6.44. The molecule has 4 nitrogen and oxygen atoms in total. The van der Waals surface area contributed by atoms with Crippen molar-refractivity contribution in [1.29, 1.82) is 0 Å². The van der Waals surface area contributed by atoms with E-state index in [1.807, 2.05) is 26.0 Å². The standard InChI is InChI=1S/C32H41NO3/c1-5-35-32(36-6-2)18-13-24-33(26(3)27-19-21-30(34-4)22-20-27)25-23-31(28-14-9-7-10-15-28)29-16-11-8-12-17-29/h7-12,14-17,19-23,26,32H,5-6,13,18,24-25H2,1-4H3/t26-/m1/s1. The van der Waals surface area contributed by atoms with Crippen LogP contribution >= 0.6 is 0 Å². The van der Waals surface area contributed by atoms with Gasteiger partial charge in [0, 0.05) is 25.8 Å². The first-order chi connectivity index (χ1) is 17.7. The van der Waals surface area contributed by atoms with Crippen LogP contribution in [0.2, 0.25) is 0 Å². The summed E-state index contributed by atoms with van der Waals surface area (Å²) in [5, 5.41) is 0. The van der Waals surface area contributed by atoms with Gasteiger partial charge in [0.05, 0.1) is 7.11 Å². The molecule has 36 heavy (non-hydrogen) atoms. The lowest BCUT2D eigenvalue weighted by Crippen LogP contribution is -2.30. The second-order valence-corrected chi connectivity index (χ2v) is 8.78. The summed E-state index contributed by atoms with van der Waals surface area (Å²) in [4.78, 5) is 2.53. The van der Waals surface area contributed by atoms with Gasteiger partial charge < -0.3 is 14.2 Å². The fourth-order valence-corrected chi connectivity index (χ4v) is 4.43. The van der Waals surface area contributed by atoms with Crippen molar-refractivity contribution >= 4 is 5.57 Å². The molecule has 4 heteroatoms. The van der Waals surface area contributed by atoms with Crippen molar-refractivity contribution in [3.63, 3.8) is 0 Å². The number of hydrogen-bond donors (Lipinski definition) is 0. The lowest BCUT2D eigenvalue weighted by molar-refractivity contribution is -0.140. The normalized spacial score (nSPS) is 12.1. The van der Waals surface area contributed by atoms with Crippen LogP contribution in [0.4, 0.5) is 0 Å². The summed E-state index contributed by atoms with van der Waals surface area (Å²) < 4.78 is 16.9. The molecule has 1 atom stereocenters. The molecule has 0 saturated heterocycles. The van der Waals surface area contributed by atoms with Crippen molar-refractivity contribution in [1.82, 2.24) is 4.90 Å². The maximum atomic E-state index is 5.78. The summed E-state index contributed by atoms with van der Waals surface area (Å²) >= 11 is 0. The molecule has 0 unspecified atom stereocenters. The fourth-order valence-electron chi connectivity index (χ4n) is 4.43. The van der Waals surface area contributed by atoms with E-state index in [4.69, 9.17) is 14.2 Å². The molecule has 3 rings (SSSR count). The van der Waals surface area contributed by atoms with Crippen molar-refractivity contribution in [2.45, 2.75) is 45.9 Å². The maximum Gasteiger partial charge on any atom is 0.157 e. The zero-order chi connectivity index (χ0) is 25.6. The van der Waals surface area contributed by atoms with Gasteiger partial charge >= 0.3 is 0 Å². The van der Waals surface area contributed by atoms with Crippen molar-refractivity contribution in [3.05, 3.63) is 108 Å². The highest BCUT2D eigenvalue weighted by molar-refractivity contribution is 5.79. The van der Waals surface area contributed by atoms with Gasteiger partial charge in [-0.1, -0.05) is 78.9 Å². The summed E-state index contributed by atoms with van der Waals surface area (Å²) in [6, 6.07) is 29.9. The van der Waals surface area contributed by atoms with E-state index in [1.54, 1.807) is 7.11 Å². The van der Waals surface area contributed by atoms with Crippen LogP contribution < -0.4 is 4.74 Å². The summed E-state index contributed by atoms with van der Waals surface area (Å²) in [5.41, 5.74) is 4.99. The maximum absolute atomic E-state index is 5.78. The molecule has 192 valence electrons. The van der Waals surface area contributed by atoms with Gasteiger partial charge in [-0.15, -0.1) is 0 Å². The van der Waals surface area contributed by atoms with Crippen molar-refractivity contribution in [3.8, 4) is 5.75 Å². The molecule has 0 heterocycles. The first-order valence-corrected chi connectivity index (χ1v) is 13.1. The average Bonchev–Trinajstić information content (AvgIpc) is 2.93. The highest BCUT2D eigenvalue weighted by Gasteiger charge is 2.17. The minimum absolute atomic E-state index is 0.141. The summed E-state index contributed by atoms with van der Waals surface area (Å²) in [6.45, 7) is 9.42. The predicted molar refractivity (Wildman–Crippen MR) is 149 cm³/mol. The van der Waals surface area contributed by atoms with E-state index in [0.29, 0.717) is 13.2 Å². The molecule has 0 spiro atoms. The Morgan fingerprint density at radius 3 is 1.86 bits per heavy atom. The van der Waals surface area contributed by atoms with E-state index in [9.17, 15) is 0 Å². The smallest absolute Gasteiger partial charge is 0.157 e. The van der Waals surface area contributed by atoms with Gasteiger partial charge in [0.25, 0.3) is 0 Å². The Morgan fingerprint density at radius 1 is 0.806 bits per heavy atom. The highest BCUT2D eigenvalue weighted by Crippen LogP contribution is 2.27. The van der Waals surface area contributed by atoms with Crippen LogP contribution in [0.5, 0.6) is 5.75 Å². The minimum atomic E-state index is -0.141. The molecule has 0 aromatic heterocycles. The number of nitrogens with zero attached hydrogens (tertiary/aromatic N) is 1. The second-order valence-electron chi connectivity index (χ2n) is 8.78. The molecule has 0 aliphatic rings. The lowest BCUT2D eigenvalue weighted by Gasteiger charge is -2.29. The summed E-state index contributed by atoms with van der Waals surface area (Å²) in [5.74, 6) is 0.879. The molecule has 0 aliphatic heterocycles. The Morgan fingerprint density at radius 2 is 1.36 bits per heavy atom. The van der Waals surface area contributed by atoms with Gasteiger partial charge in [0.1, 0.15) is 5.75 Å². The van der Waals surface area contributed by atoms with E-state index in [0.717, 1.165) is 31.7 Å². The number of rotatable bonds is 15. The predicted octanol–water partition coefficient (Wildman–Crippen LogP) is 7.37. The molecule has 3 aromatic rings. The molecule has 0 N–H and O–H groups in total.